The molecule has 0 radical (unpaired) electrons. The van der Waals surface area contributed by atoms with Gasteiger partial charge in [-0.15, -0.1) is 0 Å². The maximum Gasteiger partial charge on any atom is 0.437 e. The average Bonchev–Trinajstić information content (AvgIpc) is 3.23. The van der Waals surface area contributed by atoms with Crippen molar-refractivity contribution in [3.63, 3.8) is 0 Å². The number of hydrogen-bond donors (Lipinski definition) is 2. The van der Waals surface area contributed by atoms with Gasteiger partial charge in [0, 0.05) is 23.6 Å². The monoisotopic (exact) mass is 405 g/mol. The number of benzene rings is 2. The number of aliphatic imine (C=N–C) groups is 1. The van der Waals surface area contributed by atoms with Crippen LogP contribution < -0.4 is 0 Å². The molecule has 3 aromatic rings. The van der Waals surface area contributed by atoms with Crippen molar-refractivity contribution >= 4 is 33.5 Å². The van der Waals surface area contributed by atoms with Crippen LogP contribution in [0.25, 0.3) is 10.9 Å². The fraction of sp³-hybridized carbons (Fsp3) is 0.250. The van der Waals surface area contributed by atoms with Gasteiger partial charge in [-0.1, -0.05) is 48.2 Å². The number of nitrogens with one attached hydrogen (secondary N) is 1. The van der Waals surface area contributed by atoms with E-state index in [1.165, 1.54) is 0 Å². The smallest absolute Gasteiger partial charge is 0.363 e. The van der Waals surface area contributed by atoms with Crippen molar-refractivity contribution < 1.29 is 18.3 Å². The Morgan fingerprint density at radius 1 is 1.11 bits per heavy atom. The van der Waals surface area contributed by atoms with Gasteiger partial charge in [0.1, 0.15) is 0 Å². The molecule has 4 rings (SSSR count). The fourth-order valence-corrected chi connectivity index (χ4v) is 4.49. The minimum Gasteiger partial charge on any atom is -0.363 e. The molecule has 1 fully saturated rings. The van der Waals surface area contributed by atoms with Crippen molar-refractivity contribution in [1.29, 1.82) is 0 Å². The summed E-state index contributed by atoms with van der Waals surface area (Å²) in [5, 5.41) is 11.6. The maximum atomic E-state index is 13.7. The van der Waals surface area contributed by atoms with Gasteiger partial charge in [-0.2, -0.15) is 13.2 Å². The highest BCUT2D eigenvalue weighted by Gasteiger charge is 2.62. The Labute approximate surface area is 164 Å². The summed E-state index contributed by atoms with van der Waals surface area (Å²) in [6.07, 6.45) is -2.64. The predicted octanol–water partition coefficient (Wildman–Crippen LogP) is 4.70. The SMILES string of the molecule is OC1(C(F)(F)F)CSC(=Nc2ccccc2)N1CCc1c[nH]c2ccccc12. The molecular weight excluding hydrogens is 387 g/mol. The lowest BCUT2D eigenvalue weighted by Gasteiger charge is -2.35. The first kappa shape index (κ1) is 18.9. The van der Waals surface area contributed by atoms with Crippen molar-refractivity contribution in [3.8, 4) is 0 Å². The second-order valence-electron chi connectivity index (χ2n) is 6.59. The molecule has 0 aliphatic carbocycles. The number of halogens is 3. The van der Waals surface area contributed by atoms with Crippen molar-refractivity contribution in [3.05, 3.63) is 66.4 Å². The topological polar surface area (TPSA) is 51.6 Å². The summed E-state index contributed by atoms with van der Waals surface area (Å²) in [5.74, 6) is -0.504. The molecule has 2 aromatic carbocycles. The van der Waals surface area contributed by atoms with E-state index >= 15 is 0 Å². The Kier molecular flexibility index (Phi) is 4.84. The van der Waals surface area contributed by atoms with Gasteiger partial charge in [0.05, 0.1) is 11.4 Å². The van der Waals surface area contributed by atoms with Gasteiger partial charge in [0.2, 0.25) is 5.72 Å². The van der Waals surface area contributed by atoms with E-state index in [1.807, 2.05) is 30.3 Å². The number of rotatable bonds is 4. The summed E-state index contributed by atoms with van der Waals surface area (Å²) in [6, 6.07) is 16.4. The zero-order valence-corrected chi connectivity index (χ0v) is 15.6. The van der Waals surface area contributed by atoms with E-state index in [0.717, 1.165) is 33.1 Å². The van der Waals surface area contributed by atoms with Crippen LogP contribution in [0.4, 0.5) is 18.9 Å². The molecule has 1 aliphatic rings. The molecule has 28 heavy (non-hydrogen) atoms. The molecule has 1 atom stereocenters. The first-order valence-corrected chi connectivity index (χ1v) is 9.75. The van der Waals surface area contributed by atoms with Gasteiger partial charge in [0.25, 0.3) is 0 Å². The van der Waals surface area contributed by atoms with Gasteiger partial charge < -0.3 is 15.0 Å². The second-order valence-corrected chi connectivity index (χ2v) is 7.54. The van der Waals surface area contributed by atoms with Gasteiger partial charge in [-0.05, 0) is 30.2 Å². The predicted molar refractivity (Wildman–Crippen MR) is 106 cm³/mol. The van der Waals surface area contributed by atoms with Gasteiger partial charge in [-0.25, -0.2) is 4.99 Å². The number of aromatic amines is 1. The van der Waals surface area contributed by atoms with Crippen LogP contribution in [0, 0.1) is 0 Å². The Morgan fingerprint density at radius 3 is 2.57 bits per heavy atom. The van der Waals surface area contributed by atoms with Crippen LogP contribution in [0.1, 0.15) is 5.56 Å². The first-order chi connectivity index (χ1) is 13.4. The van der Waals surface area contributed by atoms with Crippen LogP contribution in [-0.2, 0) is 6.42 Å². The lowest BCUT2D eigenvalue weighted by Crippen LogP contribution is -2.58. The van der Waals surface area contributed by atoms with Crippen LogP contribution in [0.5, 0.6) is 0 Å². The molecule has 4 nitrogen and oxygen atoms in total. The first-order valence-electron chi connectivity index (χ1n) is 8.77. The zero-order chi connectivity index (χ0) is 19.8. The normalized spacial score (nSPS) is 21.7. The van der Waals surface area contributed by atoms with E-state index in [2.05, 4.69) is 9.98 Å². The highest BCUT2D eigenvalue weighted by atomic mass is 32.2. The van der Waals surface area contributed by atoms with E-state index in [0.29, 0.717) is 12.1 Å². The number of H-pyrrole nitrogens is 1. The minimum absolute atomic E-state index is 0.00345. The van der Waals surface area contributed by atoms with E-state index in [1.54, 1.807) is 30.5 Å². The third-order valence-corrected chi connectivity index (χ3v) is 5.91. The molecule has 146 valence electrons. The number of thioether (sulfide) groups is 1. The van der Waals surface area contributed by atoms with Gasteiger partial charge >= 0.3 is 6.18 Å². The van der Waals surface area contributed by atoms with Crippen LogP contribution in [0.2, 0.25) is 0 Å². The highest BCUT2D eigenvalue weighted by molar-refractivity contribution is 8.14. The maximum absolute atomic E-state index is 13.7. The number of fused-ring (bicyclic) bond motifs is 1. The molecule has 1 saturated heterocycles. The lowest BCUT2D eigenvalue weighted by atomic mass is 10.1. The third kappa shape index (κ3) is 3.38. The highest BCUT2D eigenvalue weighted by Crippen LogP contribution is 2.43. The third-order valence-electron chi connectivity index (χ3n) is 4.79. The number of hydrogen-bond acceptors (Lipinski definition) is 3. The van der Waals surface area contributed by atoms with Crippen molar-refractivity contribution in [2.75, 3.05) is 12.3 Å². The summed E-state index contributed by atoms with van der Waals surface area (Å²) in [6.45, 7) is -0.00345. The van der Waals surface area contributed by atoms with Crippen molar-refractivity contribution in [1.82, 2.24) is 9.88 Å². The number of para-hydroxylation sites is 2. The molecule has 0 spiro atoms. The van der Waals surface area contributed by atoms with E-state index in [-0.39, 0.29) is 11.7 Å². The largest absolute Gasteiger partial charge is 0.437 e. The average molecular weight is 405 g/mol. The minimum atomic E-state index is -4.78. The van der Waals surface area contributed by atoms with Crippen LogP contribution in [0.15, 0.2) is 65.8 Å². The number of aliphatic hydroxyl groups is 1. The molecule has 0 bridgehead atoms. The van der Waals surface area contributed by atoms with Gasteiger partial charge in [-0.3, -0.25) is 0 Å². The Hall–Kier alpha value is -2.45. The zero-order valence-electron chi connectivity index (χ0n) is 14.8. The van der Waals surface area contributed by atoms with Crippen LogP contribution in [0.3, 0.4) is 0 Å². The second kappa shape index (κ2) is 7.18. The van der Waals surface area contributed by atoms with Crippen LogP contribution >= 0.6 is 11.8 Å². The fourth-order valence-electron chi connectivity index (χ4n) is 3.27. The summed E-state index contributed by atoms with van der Waals surface area (Å²) >= 11 is 0.918. The molecule has 1 unspecified atom stereocenters. The number of aromatic nitrogens is 1. The summed E-state index contributed by atoms with van der Waals surface area (Å²) in [4.78, 5) is 8.45. The van der Waals surface area contributed by atoms with Crippen molar-refractivity contribution in [2.45, 2.75) is 18.3 Å². The summed E-state index contributed by atoms with van der Waals surface area (Å²) in [7, 11) is 0. The molecule has 2 heterocycles. The van der Waals surface area contributed by atoms with E-state index in [9.17, 15) is 18.3 Å². The van der Waals surface area contributed by atoms with Crippen molar-refractivity contribution in [2.24, 2.45) is 4.99 Å². The summed E-state index contributed by atoms with van der Waals surface area (Å²) < 4.78 is 41.0. The number of nitrogens with zero attached hydrogens (tertiary/aromatic N) is 2. The molecule has 2 N–H and O–H groups in total. The number of alkyl halides is 3. The van der Waals surface area contributed by atoms with Gasteiger partial charge in [0.15, 0.2) is 5.17 Å². The number of amidine groups is 1. The Bertz CT molecular complexity index is 1000. The standard InChI is InChI=1S/C20H18F3N3OS/c21-20(22,23)19(27)13-28-18(25-15-6-2-1-3-7-15)26(19)11-10-14-12-24-17-9-5-4-8-16(14)17/h1-9,12,24,27H,10-11,13H2. The molecule has 1 aliphatic heterocycles. The molecule has 0 amide bonds. The molecule has 0 saturated carbocycles. The Morgan fingerprint density at radius 2 is 1.82 bits per heavy atom. The Balaban J connectivity index is 1.65. The summed E-state index contributed by atoms with van der Waals surface area (Å²) in [5.41, 5.74) is -0.556. The molecule has 8 heteroatoms. The molecular formula is C20H18F3N3OS. The lowest BCUT2D eigenvalue weighted by molar-refractivity contribution is -0.288. The molecule has 1 aromatic heterocycles. The van der Waals surface area contributed by atoms with E-state index < -0.39 is 17.7 Å². The van der Waals surface area contributed by atoms with E-state index in [4.69, 9.17) is 0 Å². The van der Waals surface area contributed by atoms with Crippen LogP contribution in [-0.4, -0.2) is 44.4 Å². The quantitative estimate of drug-likeness (QED) is 0.662.